The van der Waals surface area contributed by atoms with E-state index in [9.17, 15) is 0 Å². The molecule has 226 valence electrons. The van der Waals surface area contributed by atoms with E-state index in [-0.39, 0.29) is 0 Å². The average molecular weight is 870 g/mol. The lowest BCUT2D eigenvalue weighted by atomic mass is 9.62. The van der Waals surface area contributed by atoms with E-state index in [1.165, 1.54) is 89.0 Å². The van der Waals surface area contributed by atoms with Gasteiger partial charge in [0.05, 0.1) is 10.8 Å². The number of rotatable bonds is 0. The summed E-state index contributed by atoms with van der Waals surface area (Å²) >= 11 is 15.7. The molecule has 0 nitrogen and oxygen atoms in total. The lowest BCUT2D eigenvalue weighted by molar-refractivity contribution is 0.725. The number of hydrogen-bond donors (Lipinski definition) is 0. The summed E-state index contributed by atoms with van der Waals surface area (Å²) < 4.78 is 4.36. The van der Waals surface area contributed by atoms with E-state index >= 15 is 0 Å². The maximum Gasteiger partial charge on any atom is 0.0729 e. The molecule has 0 aliphatic heterocycles. The van der Waals surface area contributed by atoms with Crippen molar-refractivity contribution in [2.24, 2.45) is 0 Å². The van der Waals surface area contributed by atoms with Crippen LogP contribution in [0.5, 0.6) is 0 Å². The van der Waals surface area contributed by atoms with Crippen molar-refractivity contribution in [1.82, 2.24) is 0 Å². The van der Waals surface area contributed by atoms with Crippen molar-refractivity contribution in [3.05, 3.63) is 196 Å². The predicted octanol–water partition coefficient (Wildman–Crippen LogP) is 13.4. The molecule has 7 aromatic carbocycles. The van der Waals surface area contributed by atoms with Crippen LogP contribution >= 0.6 is 63.7 Å². The largest absolute Gasteiger partial charge is 0.0729 e. The van der Waals surface area contributed by atoms with Gasteiger partial charge < -0.3 is 0 Å². The molecule has 11 rings (SSSR count). The normalized spacial score (nSPS) is 15.4. The Kier molecular flexibility index (Phi) is 5.65. The first-order valence-corrected chi connectivity index (χ1v) is 19.2. The molecule has 2 spiro atoms. The molecule has 0 N–H and O–H groups in total. The van der Waals surface area contributed by atoms with Gasteiger partial charge in [-0.2, -0.15) is 0 Å². The third kappa shape index (κ3) is 3.18. The smallest absolute Gasteiger partial charge is 0.0619 e. The Balaban J connectivity index is 1.42. The van der Waals surface area contributed by atoms with E-state index in [2.05, 4.69) is 197 Å². The Morgan fingerprint density at radius 1 is 0.271 bits per heavy atom. The summed E-state index contributed by atoms with van der Waals surface area (Å²) in [6.07, 6.45) is 0. The molecule has 48 heavy (non-hydrogen) atoms. The van der Waals surface area contributed by atoms with Crippen LogP contribution in [-0.4, -0.2) is 0 Å². The van der Waals surface area contributed by atoms with Crippen molar-refractivity contribution in [2.75, 3.05) is 0 Å². The van der Waals surface area contributed by atoms with Gasteiger partial charge in [-0.25, -0.2) is 0 Å². The average Bonchev–Trinajstić information content (AvgIpc) is 3.76. The lowest BCUT2D eigenvalue weighted by Gasteiger charge is -2.38. The summed E-state index contributed by atoms with van der Waals surface area (Å²) in [7, 11) is 0. The zero-order chi connectivity index (χ0) is 32.1. The van der Waals surface area contributed by atoms with Crippen LogP contribution in [-0.2, 0) is 10.8 Å². The van der Waals surface area contributed by atoms with Crippen LogP contribution in [0.1, 0.15) is 44.5 Å². The standard InChI is InChI=1S/C44H22Br4/c45-23-9-13-29-30-14-10-24(46)20-38(30)43(37(29)19-23)35-7-3-1-5-27(35)33-17-18-34-28-6-2-4-8-36(28)44(42(34)41(33)43)39-21-25(47)11-15-31(39)32-16-12-26(48)22-40(32)44/h1-22H. The summed E-state index contributed by atoms with van der Waals surface area (Å²) in [5.41, 5.74) is 20.2. The molecule has 4 heteroatoms. The number of hydrogen-bond acceptors (Lipinski definition) is 0. The second-order valence-electron chi connectivity index (χ2n) is 13.3. The van der Waals surface area contributed by atoms with E-state index in [1.54, 1.807) is 0 Å². The fraction of sp³-hybridized carbons (Fsp3) is 0.0455. The highest BCUT2D eigenvalue weighted by Gasteiger charge is 2.60. The summed E-state index contributed by atoms with van der Waals surface area (Å²) in [6, 6.07) is 50.6. The van der Waals surface area contributed by atoms with Crippen LogP contribution in [0.4, 0.5) is 0 Å². The maximum atomic E-state index is 3.92. The molecule has 4 aliphatic carbocycles. The summed E-state index contributed by atoms with van der Waals surface area (Å²) in [6.45, 7) is 0. The first-order chi connectivity index (χ1) is 23.4. The fourth-order valence-corrected chi connectivity index (χ4v) is 11.3. The molecule has 0 saturated carbocycles. The Morgan fingerprint density at radius 3 is 0.875 bits per heavy atom. The Bertz CT molecular complexity index is 2350. The summed E-state index contributed by atoms with van der Waals surface area (Å²) in [5, 5.41) is 0. The van der Waals surface area contributed by atoms with Crippen LogP contribution < -0.4 is 0 Å². The third-order valence-corrected chi connectivity index (χ3v) is 13.3. The highest BCUT2D eigenvalue weighted by molar-refractivity contribution is 9.11. The molecule has 0 saturated heterocycles. The van der Waals surface area contributed by atoms with Gasteiger partial charge in [-0.3, -0.25) is 0 Å². The second kappa shape index (κ2) is 9.57. The van der Waals surface area contributed by atoms with Crippen molar-refractivity contribution in [1.29, 1.82) is 0 Å². The number of fused-ring (bicyclic) bond motifs is 21. The second-order valence-corrected chi connectivity index (χ2v) is 16.9. The van der Waals surface area contributed by atoms with Crippen LogP contribution in [0.3, 0.4) is 0 Å². The monoisotopic (exact) mass is 866 g/mol. The zero-order valence-electron chi connectivity index (χ0n) is 25.2. The van der Waals surface area contributed by atoms with Gasteiger partial charge >= 0.3 is 0 Å². The first-order valence-electron chi connectivity index (χ1n) is 16.0. The van der Waals surface area contributed by atoms with E-state index < -0.39 is 10.8 Å². The van der Waals surface area contributed by atoms with Gasteiger partial charge in [-0.15, -0.1) is 0 Å². The summed E-state index contributed by atoms with van der Waals surface area (Å²) in [5.74, 6) is 0. The number of halogens is 4. The highest BCUT2D eigenvalue weighted by atomic mass is 79.9. The van der Waals surface area contributed by atoms with Crippen molar-refractivity contribution in [3.63, 3.8) is 0 Å². The fourth-order valence-electron chi connectivity index (χ4n) is 9.85. The van der Waals surface area contributed by atoms with Gasteiger partial charge in [0.2, 0.25) is 0 Å². The van der Waals surface area contributed by atoms with Crippen LogP contribution in [0.2, 0.25) is 0 Å². The molecule has 0 heterocycles. The van der Waals surface area contributed by atoms with Gasteiger partial charge in [0.15, 0.2) is 0 Å². The van der Waals surface area contributed by atoms with Crippen molar-refractivity contribution >= 4 is 63.7 Å². The molecule has 0 fully saturated rings. The molecule has 4 aliphatic rings. The molecule has 0 bridgehead atoms. The Hall–Kier alpha value is -3.54. The van der Waals surface area contributed by atoms with Crippen molar-refractivity contribution in [2.45, 2.75) is 10.8 Å². The first kappa shape index (κ1) is 28.3. The quantitative estimate of drug-likeness (QED) is 0.142. The molecule has 0 atom stereocenters. The molecule has 0 radical (unpaired) electrons. The predicted molar refractivity (Wildman–Crippen MR) is 210 cm³/mol. The minimum absolute atomic E-state index is 0.522. The molecule has 0 unspecified atom stereocenters. The molecular weight excluding hydrogens is 848 g/mol. The van der Waals surface area contributed by atoms with Gasteiger partial charge in [0, 0.05) is 17.9 Å². The minimum atomic E-state index is -0.522. The van der Waals surface area contributed by atoms with E-state index in [1.807, 2.05) is 0 Å². The molecule has 7 aromatic rings. The topological polar surface area (TPSA) is 0 Å². The zero-order valence-corrected chi connectivity index (χ0v) is 31.6. The van der Waals surface area contributed by atoms with Crippen molar-refractivity contribution < 1.29 is 0 Å². The van der Waals surface area contributed by atoms with Gasteiger partial charge in [0.25, 0.3) is 0 Å². The number of benzene rings is 7. The Morgan fingerprint density at radius 2 is 0.542 bits per heavy atom. The molecule has 0 aromatic heterocycles. The van der Waals surface area contributed by atoms with Crippen molar-refractivity contribution in [3.8, 4) is 44.5 Å². The van der Waals surface area contributed by atoms with E-state index in [0.717, 1.165) is 17.9 Å². The molecular formula is C44H22Br4. The summed E-state index contributed by atoms with van der Waals surface area (Å²) in [4.78, 5) is 0. The van der Waals surface area contributed by atoms with Gasteiger partial charge in [0.1, 0.15) is 0 Å². The van der Waals surface area contributed by atoms with Crippen LogP contribution in [0, 0.1) is 0 Å². The minimum Gasteiger partial charge on any atom is -0.0619 e. The van der Waals surface area contributed by atoms with Crippen LogP contribution in [0.25, 0.3) is 44.5 Å². The maximum absolute atomic E-state index is 3.92. The highest BCUT2D eigenvalue weighted by Crippen LogP contribution is 2.71. The van der Waals surface area contributed by atoms with Gasteiger partial charge in [-0.1, -0.05) is 149 Å². The Labute approximate surface area is 312 Å². The van der Waals surface area contributed by atoms with E-state index in [0.29, 0.717) is 0 Å². The lowest BCUT2D eigenvalue weighted by Crippen LogP contribution is -2.33. The van der Waals surface area contributed by atoms with Crippen LogP contribution in [0.15, 0.2) is 151 Å². The van der Waals surface area contributed by atoms with Gasteiger partial charge in [-0.05, 0) is 138 Å². The molecule has 0 amide bonds. The third-order valence-electron chi connectivity index (χ3n) is 11.3. The van der Waals surface area contributed by atoms with E-state index in [4.69, 9.17) is 0 Å². The SMILES string of the molecule is Brc1ccc2c(c1)C1(c3cc(Br)ccc3-2)c2ccccc2-c2ccc3c(c21)C1(c2cc(Br)ccc2-c2ccc(Br)cc21)c1ccccc1-3.